The van der Waals surface area contributed by atoms with Gasteiger partial charge in [0.2, 0.25) is 0 Å². The van der Waals surface area contributed by atoms with Gasteiger partial charge in [0.05, 0.1) is 35.7 Å². The van der Waals surface area contributed by atoms with Crippen molar-refractivity contribution in [2.24, 2.45) is 5.10 Å². The van der Waals surface area contributed by atoms with Crippen LogP contribution < -0.4 is 24.4 Å². The van der Waals surface area contributed by atoms with Gasteiger partial charge in [0, 0.05) is 5.56 Å². The summed E-state index contributed by atoms with van der Waals surface area (Å²) in [6, 6.07) is 15.0. The minimum atomic E-state index is -0.978. The number of rotatable bonds is 12. The first-order valence-electron chi connectivity index (χ1n) is 11.4. The number of nitrogens with one attached hydrogen (secondary N) is 1. The standard InChI is InChI=1S/C27H27IN2O7/c1-4-35-22-11-10-20(14-23(22)34-3)26(31)30-29-15-18-12-21(28)25(24(13-18)36-5-2)37-16-17-6-8-19(9-7-17)27(32)33/h6-15H,4-5,16H2,1-3H3,(H,30,31)(H,32,33)/b29-15+. The van der Waals surface area contributed by atoms with Crippen LogP contribution in [-0.2, 0) is 6.61 Å². The van der Waals surface area contributed by atoms with Crippen LogP contribution in [0.3, 0.4) is 0 Å². The van der Waals surface area contributed by atoms with Gasteiger partial charge in [-0.1, -0.05) is 12.1 Å². The van der Waals surface area contributed by atoms with Crippen molar-refractivity contribution in [2.45, 2.75) is 20.5 Å². The van der Waals surface area contributed by atoms with Crippen molar-refractivity contribution in [3.05, 3.63) is 80.4 Å². The molecule has 0 bridgehead atoms. The number of carboxylic acid groups (broad SMARTS) is 1. The fraction of sp³-hybridized carbons (Fsp3) is 0.222. The van der Waals surface area contributed by atoms with Crippen molar-refractivity contribution in [3.8, 4) is 23.0 Å². The van der Waals surface area contributed by atoms with Gasteiger partial charge in [0.15, 0.2) is 23.0 Å². The summed E-state index contributed by atoms with van der Waals surface area (Å²) in [7, 11) is 1.51. The van der Waals surface area contributed by atoms with Gasteiger partial charge in [-0.15, -0.1) is 0 Å². The number of amides is 1. The van der Waals surface area contributed by atoms with E-state index in [-0.39, 0.29) is 12.2 Å². The van der Waals surface area contributed by atoms with Gasteiger partial charge in [0.25, 0.3) is 5.91 Å². The highest BCUT2D eigenvalue weighted by molar-refractivity contribution is 14.1. The maximum Gasteiger partial charge on any atom is 0.335 e. The molecule has 0 aromatic heterocycles. The van der Waals surface area contributed by atoms with E-state index < -0.39 is 11.9 Å². The van der Waals surface area contributed by atoms with E-state index in [4.69, 9.17) is 24.1 Å². The summed E-state index contributed by atoms with van der Waals surface area (Å²) in [4.78, 5) is 23.6. The Kier molecular flexibility index (Phi) is 10.1. The molecular weight excluding hydrogens is 591 g/mol. The molecule has 194 valence electrons. The van der Waals surface area contributed by atoms with E-state index in [0.717, 1.165) is 9.13 Å². The minimum Gasteiger partial charge on any atom is -0.493 e. The SMILES string of the molecule is CCOc1ccc(C(=O)N/N=C/c2cc(I)c(OCc3ccc(C(=O)O)cc3)c(OCC)c2)cc1OC. The average Bonchev–Trinajstić information content (AvgIpc) is 2.89. The lowest BCUT2D eigenvalue weighted by Gasteiger charge is -2.15. The van der Waals surface area contributed by atoms with Gasteiger partial charge in [-0.25, -0.2) is 10.2 Å². The molecule has 0 saturated heterocycles. The largest absolute Gasteiger partial charge is 0.493 e. The average molecular weight is 618 g/mol. The number of carbonyl (C=O) groups is 2. The third kappa shape index (κ3) is 7.59. The van der Waals surface area contributed by atoms with Crippen LogP contribution in [0.5, 0.6) is 23.0 Å². The lowest BCUT2D eigenvalue weighted by Crippen LogP contribution is -2.17. The van der Waals surface area contributed by atoms with Gasteiger partial charge in [-0.05, 0) is 90.0 Å². The molecular formula is C27H27IN2O7. The Morgan fingerprint density at radius 1 is 0.919 bits per heavy atom. The second kappa shape index (κ2) is 13.5. The third-order valence-corrected chi connectivity index (χ3v) is 5.82. The number of ether oxygens (including phenoxy) is 4. The molecule has 0 fully saturated rings. The molecule has 0 aliphatic rings. The molecule has 0 spiro atoms. The van der Waals surface area contributed by atoms with E-state index in [1.54, 1.807) is 36.4 Å². The van der Waals surface area contributed by atoms with Crippen LogP contribution in [0.1, 0.15) is 45.7 Å². The Hall–Kier alpha value is -3.80. The summed E-state index contributed by atoms with van der Waals surface area (Å²) in [6.07, 6.45) is 1.52. The van der Waals surface area contributed by atoms with Gasteiger partial charge < -0.3 is 24.1 Å². The summed E-state index contributed by atoms with van der Waals surface area (Å²) < 4.78 is 23.3. The van der Waals surface area contributed by atoms with Crippen molar-refractivity contribution in [1.29, 1.82) is 0 Å². The Bertz CT molecular complexity index is 1280. The zero-order valence-electron chi connectivity index (χ0n) is 20.6. The Balaban J connectivity index is 1.70. The molecule has 2 N–H and O–H groups in total. The Morgan fingerprint density at radius 2 is 1.59 bits per heavy atom. The van der Waals surface area contributed by atoms with Crippen molar-refractivity contribution in [1.82, 2.24) is 5.43 Å². The van der Waals surface area contributed by atoms with Crippen molar-refractivity contribution in [3.63, 3.8) is 0 Å². The summed E-state index contributed by atoms with van der Waals surface area (Å²) in [6.45, 7) is 4.89. The van der Waals surface area contributed by atoms with Crippen LogP contribution in [-0.4, -0.2) is 43.5 Å². The molecule has 3 aromatic rings. The summed E-state index contributed by atoms with van der Waals surface area (Å²) >= 11 is 2.14. The predicted molar refractivity (Wildman–Crippen MR) is 147 cm³/mol. The van der Waals surface area contributed by atoms with E-state index in [0.29, 0.717) is 47.3 Å². The monoisotopic (exact) mass is 618 g/mol. The minimum absolute atomic E-state index is 0.214. The molecule has 0 heterocycles. The second-order valence-corrected chi connectivity index (χ2v) is 8.71. The zero-order chi connectivity index (χ0) is 26.8. The summed E-state index contributed by atoms with van der Waals surface area (Å²) in [5.41, 5.74) is 4.63. The van der Waals surface area contributed by atoms with E-state index in [1.807, 2.05) is 19.9 Å². The summed E-state index contributed by atoms with van der Waals surface area (Å²) in [5.74, 6) is 0.734. The lowest BCUT2D eigenvalue weighted by molar-refractivity contribution is 0.0696. The predicted octanol–water partition coefficient (Wildman–Crippen LogP) is 5.14. The number of aromatic carboxylic acids is 1. The fourth-order valence-electron chi connectivity index (χ4n) is 3.28. The van der Waals surface area contributed by atoms with Crippen LogP contribution >= 0.6 is 22.6 Å². The van der Waals surface area contributed by atoms with E-state index in [9.17, 15) is 9.59 Å². The quantitative estimate of drug-likeness (QED) is 0.164. The Labute approximate surface area is 228 Å². The molecule has 0 unspecified atom stereocenters. The number of halogens is 1. The van der Waals surface area contributed by atoms with Crippen LogP contribution in [0.15, 0.2) is 59.7 Å². The van der Waals surface area contributed by atoms with E-state index >= 15 is 0 Å². The fourth-order valence-corrected chi connectivity index (χ4v) is 4.06. The molecule has 10 heteroatoms. The smallest absolute Gasteiger partial charge is 0.335 e. The molecule has 0 saturated carbocycles. The van der Waals surface area contributed by atoms with E-state index in [2.05, 4.69) is 33.1 Å². The van der Waals surface area contributed by atoms with Gasteiger partial charge in [0.1, 0.15) is 6.61 Å². The van der Waals surface area contributed by atoms with E-state index in [1.165, 1.54) is 25.5 Å². The summed E-state index contributed by atoms with van der Waals surface area (Å²) in [5, 5.41) is 13.1. The number of benzene rings is 3. The van der Waals surface area contributed by atoms with Gasteiger partial charge in [-0.2, -0.15) is 5.10 Å². The second-order valence-electron chi connectivity index (χ2n) is 7.55. The number of carbonyl (C=O) groups excluding carboxylic acids is 1. The normalized spacial score (nSPS) is 10.7. The molecule has 1 amide bonds. The molecule has 9 nitrogen and oxygen atoms in total. The van der Waals surface area contributed by atoms with Crippen molar-refractivity contribution >= 4 is 40.7 Å². The number of hydrogen-bond donors (Lipinski definition) is 2. The molecule has 37 heavy (non-hydrogen) atoms. The van der Waals surface area contributed by atoms with Crippen LogP contribution in [0, 0.1) is 3.57 Å². The van der Waals surface area contributed by atoms with Gasteiger partial charge >= 0.3 is 5.97 Å². The zero-order valence-corrected chi connectivity index (χ0v) is 22.8. The van der Waals surface area contributed by atoms with Gasteiger partial charge in [-0.3, -0.25) is 4.79 Å². The maximum atomic E-state index is 12.5. The van der Waals surface area contributed by atoms with Crippen molar-refractivity contribution in [2.75, 3.05) is 20.3 Å². The highest BCUT2D eigenvalue weighted by atomic mass is 127. The lowest BCUT2D eigenvalue weighted by atomic mass is 10.1. The molecule has 3 aromatic carbocycles. The number of hydrazone groups is 1. The molecule has 0 aliphatic heterocycles. The molecule has 0 aliphatic carbocycles. The Morgan fingerprint density at radius 3 is 2.24 bits per heavy atom. The first-order valence-corrected chi connectivity index (χ1v) is 12.5. The first kappa shape index (κ1) is 27.8. The highest BCUT2D eigenvalue weighted by Crippen LogP contribution is 2.34. The topological polar surface area (TPSA) is 116 Å². The van der Waals surface area contributed by atoms with Crippen molar-refractivity contribution < 1.29 is 33.6 Å². The number of hydrogen-bond acceptors (Lipinski definition) is 7. The molecule has 3 rings (SSSR count). The maximum absolute atomic E-state index is 12.5. The molecule has 0 radical (unpaired) electrons. The van der Waals surface area contributed by atoms with Crippen LogP contribution in [0.2, 0.25) is 0 Å². The highest BCUT2D eigenvalue weighted by Gasteiger charge is 2.14. The van der Waals surface area contributed by atoms with Crippen LogP contribution in [0.25, 0.3) is 0 Å². The molecule has 0 atom stereocenters. The number of methoxy groups -OCH3 is 1. The van der Waals surface area contributed by atoms with Crippen LogP contribution in [0.4, 0.5) is 0 Å². The number of carboxylic acids is 1. The first-order chi connectivity index (χ1) is 17.9. The third-order valence-electron chi connectivity index (χ3n) is 5.02. The number of nitrogens with zero attached hydrogens (tertiary/aromatic N) is 1.